The number of hydrogen-bond acceptors (Lipinski definition) is 8. The van der Waals surface area contributed by atoms with Gasteiger partial charge < -0.3 is 15.1 Å². The third kappa shape index (κ3) is 5.40. The molecule has 2 aliphatic heterocycles. The minimum atomic E-state index is -0.587. The maximum Gasteiger partial charge on any atom is 0.258 e. The lowest BCUT2D eigenvalue weighted by Gasteiger charge is -2.16. The maximum absolute atomic E-state index is 13.6. The lowest BCUT2D eigenvalue weighted by Crippen LogP contribution is -2.22. The van der Waals surface area contributed by atoms with Crippen molar-refractivity contribution in [1.29, 1.82) is 0 Å². The highest BCUT2D eigenvalue weighted by Gasteiger charge is 2.45. The Labute approximate surface area is 269 Å². The number of carbonyl (C=O) groups is 3. The second kappa shape index (κ2) is 12.1. The van der Waals surface area contributed by atoms with Crippen LogP contribution in [0.3, 0.4) is 0 Å². The number of halogens is 1. The van der Waals surface area contributed by atoms with Crippen LogP contribution >= 0.6 is 11.3 Å². The van der Waals surface area contributed by atoms with Crippen LogP contribution in [0.4, 0.5) is 4.39 Å². The van der Waals surface area contributed by atoms with E-state index in [0.717, 1.165) is 24.2 Å². The summed E-state index contributed by atoms with van der Waals surface area (Å²) in [6.07, 6.45) is 5.43. The number of pyridine rings is 1. The van der Waals surface area contributed by atoms with Gasteiger partial charge in [0.1, 0.15) is 5.82 Å². The van der Waals surface area contributed by atoms with Gasteiger partial charge in [0.2, 0.25) is 11.8 Å². The van der Waals surface area contributed by atoms with Gasteiger partial charge in [0.25, 0.3) is 11.8 Å². The van der Waals surface area contributed by atoms with E-state index in [1.54, 1.807) is 35.1 Å². The predicted molar refractivity (Wildman–Crippen MR) is 172 cm³/mol. The lowest BCUT2D eigenvalue weighted by molar-refractivity contribution is 0.0775. The monoisotopic (exact) mass is 637 g/mol. The number of carbonyl (C=O) groups excluding carboxylic acids is 3. The van der Waals surface area contributed by atoms with Crippen molar-refractivity contribution in [3.63, 3.8) is 0 Å². The van der Waals surface area contributed by atoms with Crippen molar-refractivity contribution < 1.29 is 24.6 Å². The number of aromatic nitrogens is 3. The quantitative estimate of drug-likeness (QED) is 0.209. The van der Waals surface area contributed by atoms with Crippen LogP contribution in [-0.4, -0.2) is 44.2 Å². The molecule has 0 radical (unpaired) electrons. The summed E-state index contributed by atoms with van der Waals surface area (Å²) < 4.78 is 19.2. The van der Waals surface area contributed by atoms with E-state index in [1.165, 1.54) is 43.5 Å². The summed E-state index contributed by atoms with van der Waals surface area (Å²) in [5, 5.41) is 8.14. The predicted octanol–water partition coefficient (Wildman–Crippen LogP) is 6.54. The van der Waals surface area contributed by atoms with Crippen LogP contribution in [0.2, 0.25) is 0 Å². The van der Waals surface area contributed by atoms with E-state index in [1.807, 2.05) is 0 Å². The third-order valence-corrected chi connectivity index (χ3v) is 9.80. The van der Waals surface area contributed by atoms with Gasteiger partial charge in [-0.2, -0.15) is 0 Å². The number of fused-ring (bicyclic) bond motifs is 4. The second-order valence-electron chi connectivity index (χ2n) is 11.6. The summed E-state index contributed by atoms with van der Waals surface area (Å²) in [7, 11) is 0. The average molecular weight is 638 g/mol. The lowest BCUT2D eigenvalue weighted by atomic mass is 9.93. The highest BCUT2D eigenvalue weighted by Crippen LogP contribution is 2.49. The molecule has 1 fully saturated rings. The van der Waals surface area contributed by atoms with Gasteiger partial charge in [-0.05, 0) is 79.6 Å². The summed E-state index contributed by atoms with van der Waals surface area (Å²) in [4.78, 5) is 46.4. The third-order valence-electron chi connectivity index (χ3n) is 8.68. The number of ketones is 1. The summed E-state index contributed by atoms with van der Waals surface area (Å²) >= 11 is 1.14. The first-order chi connectivity index (χ1) is 22.3. The Morgan fingerprint density at radius 2 is 1.74 bits per heavy atom. The van der Waals surface area contributed by atoms with Crippen LogP contribution in [0.5, 0.6) is 0 Å². The molecule has 9 nitrogen and oxygen atoms in total. The van der Waals surface area contributed by atoms with E-state index in [2.05, 4.69) is 34.5 Å². The molecular weight excluding hydrogens is 605 g/mol. The van der Waals surface area contributed by atoms with Crippen LogP contribution in [0, 0.1) is 12.7 Å². The molecule has 0 bridgehead atoms. The maximum atomic E-state index is 13.6. The molecule has 5 heterocycles. The first-order valence-electron chi connectivity index (χ1n) is 15.2. The van der Waals surface area contributed by atoms with Crippen LogP contribution in [0.1, 0.15) is 85.5 Å². The molecule has 2 amide bonds. The van der Waals surface area contributed by atoms with Gasteiger partial charge in [-0.15, -0.1) is 21.5 Å². The van der Waals surface area contributed by atoms with E-state index in [0.29, 0.717) is 55.8 Å². The fraction of sp³-hybridized carbons (Fsp3) is 0.257. The van der Waals surface area contributed by atoms with Gasteiger partial charge in [-0.25, -0.2) is 4.39 Å². The first kappa shape index (κ1) is 29.7. The molecule has 5 aromatic rings. The van der Waals surface area contributed by atoms with Crippen LogP contribution in [-0.2, 0) is 19.3 Å². The molecule has 0 spiro atoms. The Morgan fingerprint density at radius 3 is 2.39 bits per heavy atom. The summed E-state index contributed by atoms with van der Waals surface area (Å²) in [5.41, 5.74) is 11.2. The Balaban J connectivity index is 0.000000332. The number of nitrogens with two attached hydrogens (primary N) is 1. The number of benzene rings is 2. The number of thiophene rings is 1. The Bertz CT molecular complexity index is 1980. The molecule has 1 atom stereocenters. The Kier molecular flexibility index (Phi) is 7.77. The van der Waals surface area contributed by atoms with Gasteiger partial charge in [-0.3, -0.25) is 19.4 Å². The van der Waals surface area contributed by atoms with Gasteiger partial charge in [0.15, 0.2) is 5.78 Å². The number of hydrogen-bond donors (Lipinski definition) is 1. The van der Waals surface area contributed by atoms with Crippen molar-refractivity contribution in [2.45, 2.75) is 51.5 Å². The van der Waals surface area contributed by atoms with Crippen LogP contribution in [0.25, 0.3) is 21.9 Å². The van der Waals surface area contributed by atoms with Crippen LogP contribution in [0.15, 0.2) is 65.1 Å². The topological polar surface area (TPSA) is 132 Å². The summed E-state index contributed by atoms with van der Waals surface area (Å²) in [5.74, 6) is -1.07. The van der Waals surface area contributed by atoms with Gasteiger partial charge >= 0.3 is 0 Å². The minimum Gasteiger partial charge on any atom is -0.421 e. The molecule has 3 aliphatic rings. The first-order valence-corrected chi connectivity index (χ1v) is 16.0. The Morgan fingerprint density at radius 1 is 1.00 bits per heavy atom. The SMILES string of the molecule is Cc1nnc(-c2c(CC(=O)c3ccc(F)cc3)nc3c(c2-c2ccc(C(N)=O)s2)C(=O)N2CCC[C@@H]32)o1.[HH].c1ccc2c(c1)CCC2. The molecular formula is C35H32FN5O4S. The highest BCUT2D eigenvalue weighted by molar-refractivity contribution is 7.17. The largest absolute Gasteiger partial charge is 0.421 e. The molecule has 0 saturated carbocycles. The summed E-state index contributed by atoms with van der Waals surface area (Å²) in [6, 6.07) is 17.1. The van der Waals surface area contributed by atoms with E-state index < -0.39 is 11.7 Å². The fourth-order valence-electron chi connectivity index (χ4n) is 6.56. The summed E-state index contributed by atoms with van der Waals surface area (Å²) in [6.45, 7) is 2.24. The van der Waals surface area contributed by atoms with E-state index in [-0.39, 0.29) is 31.5 Å². The average Bonchev–Trinajstić information content (AvgIpc) is 3.89. The van der Waals surface area contributed by atoms with Crippen molar-refractivity contribution in [2.24, 2.45) is 5.73 Å². The molecule has 234 valence electrons. The number of Topliss-reactive ketones (excluding diaryl/α,β-unsaturated/α-hetero) is 1. The van der Waals surface area contributed by atoms with Crippen molar-refractivity contribution >= 4 is 28.9 Å². The normalized spacial score (nSPS) is 16.1. The van der Waals surface area contributed by atoms with Crippen molar-refractivity contribution in [2.75, 3.05) is 6.54 Å². The molecule has 11 heteroatoms. The number of primary amides is 1. The fourth-order valence-corrected chi connectivity index (χ4v) is 7.48. The molecule has 2 N–H and O–H groups in total. The van der Waals surface area contributed by atoms with E-state index in [9.17, 15) is 18.8 Å². The highest BCUT2D eigenvalue weighted by atomic mass is 32.1. The van der Waals surface area contributed by atoms with Crippen molar-refractivity contribution in [1.82, 2.24) is 20.1 Å². The van der Waals surface area contributed by atoms with E-state index >= 15 is 0 Å². The minimum absolute atomic E-state index is 0. The smallest absolute Gasteiger partial charge is 0.258 e. The van der Waals surface area contributed by atoms with Gasteiger partial charge in [-0.1, -0.05) is 24.3 Å². The number of rotatable bonds is 6. The zero-order chi connectivity index (χ0) is 31.9. The number of aryl methyl sites for hydroxylation is 3. The molecule has 2 aromatic carbocycles. The van der Waals surface area contributed by atoms with Gasteiger partial charge in [0.05, 0.1) is 39.9 Å². The zero-order valence-electron chi connectivity index (χ0n) is 25.1. The standard InChI is InChI=1S/C26H20FN5O4S.C9H10.H2/c1-12-30-31-25(36-12)20-15(11-17(33)13-4-6-14(27)7-5-13)29-23-16-3-2-10-32(16)26(35)22(23)21(20)18-8-9-19(37-18)24(28)34;1-2-5-9-7-3-6-8(9)4-1;/h4-9,16H,2-3,10-11H2,1H3,(H2,28,34);1-2,4-5H,3,6-7H2;1H/t16-;;/m0../s1. The van der Waals surface area contributed by atoms with E-state index in [4.69, 9.17) is 15.1 Å². The Hall–Kier alpha value is -5.03. The second-order valence-corrected chi connectivity index (χ2v) is 12.7. The molecule has 8 rings (SSSR count). The molecule has 3 aromatic heterocycles. The van der Waals surface area contributed by atoms with Crippen LogP contribution < -0.4 is 5.73 Å². The van der Waals surface area contributed by atoms with Crippen molar-refractivity contribution in [3.05, 3.63) is 111 Å². The number of amides is 2. The molecule has 46 heavy (non-hydrogen) atoms. The molecule has 1 saturated heterocycles. The zero-order valence-corrected chi connectivity index (χ0v) is 25.9. The van der Waals surface area contributed by atoms with Crippen molar-refractivity contribution in [3.8, 4) is 21.9 Å². The molecule has 1 aliphatic carbocycles. The van der Waals surface area contributed by atoms with Gasteiger partial charge in [0, 0.05) is 30.9 Å². The number of nitrogens with zero attached hydrogens (tertiary/aromatic N) is 4. The molecule has 0 unspecified atom stereocenters.